The van der Waals surface area contributed by atoms with Crippen LogP contribution in [-0.4, -0.2) is 41.5 Å². The zero-order chi connectivity index (χ0) is 19.1. The summed E-state index contributed by atoms with van der Waals surface area (Å²) in [4.78, 5) is 33.5. The van der Waals surface area contributed by atoms with E-state index in [1.165, 1.54) is 0 Å². The number of anilines is 1. The predicted molar refractivity (Wildman–Crippen MR) is 102 cm³/mol. The van der Waals surface area contributed by atoms with E-state index in [0.717, 1.165) is 49.6 Å². The molecule has 1 fully saturated rings. The normalized spacial score (nSPS) is 14.7. The Bertz CT molecular complexity index is 774. The minimum atomic E-state index is -0.630. The van der Waals surface area contributed by atoms with Crippen molar-refractivity contribution in [2.24, 2.45) is 11.7 Å². The summed E-state index contributed by atoms with van der Waals surface area (Å²) in [5, 5.41) is 0. The van der Waals surface area contributed by atoms with Gasteiger partial charge in [-0.1, -0.05) is 30.3 Å². The van der Waals surface area contributed by atoms with Gasteiger partial charge in [0.2, 0.25) is 5.95 Å². The highest BCUT2D eigenvalue weighted by atomic mass is 16.5. The quantitative estimate of drug-likeness (QED) is 0.752. The van der Waals surface area contributed by atoms with Crippen LogP contribution in [0.5, 0.6) is 0 Å². The Morgan fingerprint density at radius 1 is 1.15 bits per heavy atom. The maximum absolute atomic E-state index is 11.6. The molecule has 7 nitrogen and oxygen atoms in total. The van der Waals surface area contributed by atoms with Gasteiger partial charge in [-0.15, -0.1) is 0 Å². The van der Waals surface area contributed by atoms with E-state index in [4.69, 9.17) is 15.5 Å². The number of esters is 1. The first kappa shape index (κ1) is 18.8. The molecule has 1 amide bonds. The third-order valence-electron chi connectivity index (χ3n) is 4.74. The lowest BCUT2D eigenvalue weighted by atomic mass is 9.92. The van der Waals surface area contributed by atoms with E-state index < -0.39 is 5.91 Å². The van der Waals surface area contributed by atoms with Crippen LogP contribution in [0.4, 0.5) is 5.95 Å². The van der Waals surface area contributed by atoms with Crippen molar-refractivity contribution in [1.29, 1.82) is 0 Å². The van der Waals surface area contributed by atoms with Crippen molar-refractivity contribution in [2.75, 3.05) is 24.6 Å². The molecule has 3 rings (SSSR count). The molecule has 0 aliphatic carbocycles. The highest BCUT2D eigenvalue weighted by Crippen LogP contribution is 2.25. The molecule has 7 heteroatoms. The largest absolute Gasteiger partial charge is 0.456 e. The SMILES string of the molecule is NC(=O)COC(=O)CCC1CCN(c2nccc(-c3ccccc3)n2)CC1. The van der Waals surface area contributed by atoms with Crippen molar-refractivity contribution in [3.05, 3.63) is 42.6 Å². The highest BCUT2D eigenvalue weighted by Gasteiger charge is 2.22. The van der Waals surface area contributed by atoms with Crippen LogP contribution in [0, 0.1) is 5.92 Å². The number of piperidine rings is 1. The van der Waals surface area contributed by atoms with Gasteiger partial charge in [0.25, 0.3) is 5.91 Å². The fraction of sp³-hybridized carbons (Fsp3) is 0.400. The highest BCUT2D eigenvalue weighted by molar-refractivity contribution is 5.78. The van der Waals surface area contributed by atoms with Gasteiger partial charge in [0.05, 0.1) is 5.69 Å². The van der Waals surface area contributed by atoms with Crippen LogP contribution in [0.25, 0.3) is 11.3 Å². The molecule has 1 aromatic carbocycles. The van der Waals surface area contributed by atoms with Crippen LogP contribution >= 0.6 is 0 Å². The number of amides is 1. The summed E-state index contributed by atoms with van der Waals surface area (Å²) in [7, 11) is 0. The third-order valence-corrected chi connectivity index (χ3v) is 4.74. The predicted octanol–water partition coefficient (Wildman–Crippen LogP) is 2.17. The molecule has 1 saturated heterocycles. The number of benzene rings is 1. The second kappa shape index (κ2) is 9.12. The third kappa shape index (κ3) is 5.51. The van der Waals surface area contributed by atoms with Crippen molar-refractivity contribution < 1.29 is 14.3 Å². The number of primary amides is 1. The van der Waals surface area contributed by atoms with E-state index in [2.05, 4.69) is 9.88 Å². The van der Waals surface area contributed by atoms with Crippen LogP contribution in [-0.2, 0) is 14.3 Å². The van der Waals surface area contributed by atoms with E-state index in [-0.39, 0.29) is 12.6 Å². The zero-order valence-electron chi connectivity index (χ0n) is 15.2. The molecule has 0 saturated carbocycles. The molecule has 0 atom stereocenters. The maximum atomic E-state index is 11.6. The molecule has 0 radical (unpaired) electrons. The minimum Gasteiger partial charge on any atom is -0.456 e. The number of hydrogen-bond donors (Lipinski definition) is 1. The number of carbonyl (C=O) groups is 2. The van der Waals surface area contributed by atoms with Crippen LogP contribution in [0.3, 0.4) is 0 Å². The van der Waals surface area contributed by atoms with Gasteiger partial charge in [-0.25, -0.2) is 9.97 Å². The Kier molecular flexibility index (Phi) is 6.35. The lowest BCUT2D eigenvalue weighted by molar-refractivity contribution is -0.148. The second-order valence-electron chi connectivity index (χ2n) is 6.70. The molecule has 2 N–H and O–H groups in total. The first-order valence-electron chi connectivity index (χ1n) is 9.19. The number of ether oxygens (including phenoxy) is 1. The van der Waals surface area contributed by atoms with E-state index >= 15 is 0 Å². The van der Waals surface area contributed by atoms with E-state index in [1.54, 1.807) is 6.20 Å². The molecule has 2 heterocycles. The van der Waals surface area contributed by atoms with Crippen molar-refractivity contribution in [1.82, 2.24) is 9.97 Å². The zero-order valence-corrected chi connectivity index (χ0v) is 15.2. The van der Waals surface area contributed by atoms with Crippen LogP contribution in [0.2, 0.25) is 0 Å². The van der Waals surface area contributed by atoms with Gasteiger partial charge in [-0.05, 0) is 31.2 Å². The Morgan fingerprint density at radius 2 is 1.89 bits per heavy atom. The molecule has 142 valence electrons. The van der Waals surface area contributed by atoms with Crippen molar-refractivity contribution in [3.63, 3.8) is 0 Å². The smallest absolute Gasteiger partial charge is 0.306 e. The average Bonchev–Trinajstić information content (AvgIpc) is 2.72. The Hall–Kier alpha value is -2.96. The molecule has 2 aromatic rings. The number of aromatic nitrogens is 2. The lowest BCUT2D eigenvalue weighted by Gasteiger charge is -2.32. The topological polar surface area (TPSA) is 98.4 Å². The summed E-state index contributed by atoms with van der Waals surface area (Å²) in [6.45, 7) is 1.38. The summed E-state index contributed by atoms with van der Waals surface area (Å²) < 4.78 is 4.80. The van der Waals surface area contributed by atoms with Gasteiger partial charge >= 0.3 is 5.97 Å². The van der Waals surface area contributed by atoms with Gasteiger partial charge in [-0.3, -0.25) is 9.59 Å². The second-order valence-corrected chi connectivity index (χ2v) is 6.70. The van der Waals surface area contributed by atoms with Gasteiger partial charge in [0, 0.05) is 31.3 Å². The van der Waals surface area contributed by atoms with E-state index in [0.29, 0.717) is 12.3 Å². The first-order valence-corrected chi connectivity index (χ1v) is 9.19. The number of nitrogens with zero attached hydrogens (tertiary/aromatic N) is 3. The summed E-state index contributed by atoms with van der Waals surface area (Å²) in [5.74, 6) is 0.208. The summed E-state index contributed by atoms with van der Waals surface area (Å²) in [6.07, 6.45) is 4.82. The van der Waals surface area contributed by atoms with Crippen LogP contribution in [0.15, 0.2) is 42.6 Å². The van der Waals surface area contributed by atoms with E-state index in [1.807, 2.05) is 36.4 Å². The monoisotopic (exact) mass is 368 g/mol. The summed E-state index contributed by atoms with van der Waals surface area (Å²) in [6, 6.07) is 12.0. The van der Waals surface area contributed by atoms with Crippen molar-refractivity contribution >= 4 is 17.8 Å². The molecule has 27 heavy (non-hydrogen) atoms. The Balaban J connectivity index is 1.49. The lowest BCUT2D eigenvalue weighted by Crippen LogP contribution is -2.35. The Labute approximate surface area is 158 Å². The standard InChI is InChI=1S/C20H24N4O3/c21-18(25)14-27-19(26)7-6-15-9-12-24(13-10-15)20-22-11-8-17(23-20)16-4-2-1-3-5-16/h1-5,8,11,15H,6-7,9-10,12-14H2,(H2,21,25). The molecule has 1 aromatic heterocycles. The molecule has 1 aliphatic heterocycles. The van der Waals surface area contributed by atoms with Gasteiger partial charge < -0.3 is 15.4 Å². The molecule has 1 aliphatic rings. The average molecular weight is 368 g/mol. The number of nitrogens with two attached hydrogens (primary N) is 1. The van der Waals surface area contributed by atoms with Gasteiger partial charge in [0.1, 0.15) is 0 Å². The fourth-order valence-corrected chi connectivity index (χ4v) is 3.24. The maximum Gasteiger partial charge on any atom is 0.306 e. The minimum absolute atomic E-state index is 0.317. The van der Waals surface area contributed by atoms with Gasteiger partial charge in [-0.2, -0.15) is 0 Å². The van der Waals surface area contributed by atoms with Crippen molar-refractivity contribution in [2.45, 2.75) is 25.7 Å². The summed E-state index contributed by atoms with van der Waals surface area (Å²) >= 11 is 0. The summed E-state index contributed by atoms with van der Waals surface area (Å²) in [5.41, 5.74) is 6.96. The fourth-order valence-electron chi connectivity index (χ4n) is 3.24. The number of hydrogen-bond acceptors (Lipinski definition) is 6. The van der Waals surface area contributed by atoms with Gasteiger partial charge in [0.15, 0.2) is 6.61 Å². The molecule has 0 bridgehead atoms. The molecule has 0 unspecified atom stereocenters. The molecular formula is C20H24N4O3. The number of carbonyl (C=O) groups excluding carboxylic acids is 2. The van der Waals surface area contributed by atoms with Crippen LogP contribution in [0.1, 0.15) is 25.7 Å². The molecular weight excluding hydrogens is 344 g/mol. The van der Waals surface area contributed by atoms with Crippen molar-refractivity contribution in [3.8, 4) is 11.3 Å². The Morgan fingerprint density at radius 3 is 2.59 bits per heavy atom. The van der Waals surface area contributed by atoms with E-state index in [9.17, 15) is 9.59 Å². The first-order chi connectivity index (χ1) is 13.1. The molecule has 0 spiro atoms. The van der Waals surface area contributed by atoms with Crippen LogP contribution < -0.4 is 10.6 Å². The number of rotatable bonds is 7.